The second kappa shape index (κ2) is 6.42. The van der Waals surface area contributed by atoms with Gasteiger partial charge in [0.2, 0.25) is 4.77 Å². The van der Waals surface area contributed by atoms with Crippen LogP contribution in [-0.2, 0) is 13.7 Å². The van der Waals surface area contributed by atoms with Crippen molar-refractivity contribution in [1.82, 2.24) is 14.3 Å². The second-order valence-electron chi connectivity index (χ2n) is 5.64. The van der Waals surface area contributed by atoms with Gasteiger partial charge in [-0.2, -0.15) is 4.68 Å². The maximum atomic E-state index is 5.55. The number of aromatic nitrogens is 3. The summed E-state index contributed by atoms with van der Waals surface area (Å²) in [5.41, 5.74) is 1.09. The van der Waals surface area contributed by atoms with E-state index in [0.29, 0.717) is 0 Å². The minimum Gasteiger partial charge on any atom is -0.316 e. The van der Waals surface area contributed by atoms with Crippen LogP contribution in [0.15, 0.2) is 28.7 Å². The molecule has 1 fully saturated rings. The lowest BCUT2D eigenvalue weighted by atomic mass is 10.1. The smallest absolute Gasteiger partial charge is 0.202 e. The number of piperidine rings is 1. The zero-order valence-corrected chi connectivity index (χ0v) is 14.6. The molecule has 1 aromatic heterocycles. The van der Waals surface area contributed by atoms with Gasteiger partial charge in [0.05, 0.1) is 13.1 Å². The lowest BCUT2D eigenvalue weighted by molar-refractivity contribution is -0.928. The Bertz CT molecular complexity index is 685. The van der Waals surface area contributed by atoms with Gasteiger partial charge in [0.15, 0.2) is 12.5 Å². The summed E-state index contributed by atoms with van der Waals surface area (Å²) in [6, 6.07) is 8.19. The van der Waals surface area contributed by atoms with E-state index in [1.165, 1.54) is 32.4 Å². The van der Waals surface area contributed by atoms with Crippen molar-refractivity contribution >= 4 is 28.1 Å². The lowest BCUT2D eigenvalue weighted by Gasteiger charge is -2.22. The number of hydrogen-bond donors (Lipinski definition) is 1. The number of quaternary nitrogens is 1. The first-order valence-corrected chi connectivity index (χ1v) is 8.58. The molecule has 0 radical (unpaired) electrons. The van der Waals surface area contributed by atoms with Gasteiger partial charge in [-0.1, -0.05) is 28.1 Å². The highest BCUT2D eigenvalue weighted by atomic mass is 79.9. The summed E-state index contributed by atoms with van der Waals surface area (Å²) in [5.74, 6) is 0.928. The van der Waals surface area contributed by atoms with E-state index in [-0.39, 0.29) is 0 Å². The number of nitrogens with zero attached hydrogens (tertiary/aromatic N) is 3. The van der Waals surface area contributed by atoms with Gasteiger partial charge in [0.1, 0.15) is 0 Å². The van der Waals surface area contributed by atoms with E-state index in [2.05, 4.69) is 28.1 Å². The van der Waals surface area contributed by atoms with E-state index in [1.807, 2.05) is 28.4 Å². The normalized spacial score (nSPS) is 16.3. The van der Waals surface area contributed by atoms with Gasteiger partial charge in [-0.25, -0.2) is 0 Å². The number of nitrogens with one attached hydrogen (secondary N) is 1. The topological polar surface area (TPSA) is 27.2 Å². The Morgan fingerprint density at radius 2 is 2.05 bits per heavy atom. The number of benzene rings is 1. The van der Waals surface area contributed by atoms with Crippen LogP contribution < -0.4 is 4.90 Å². The molecule has 0 spiro atoms. The Balaban J connectivity index is 1.90. The highest BCUT2D eigenvalue weighted by molar-refractivity contribution is 9.10. The molecule has 21 heavy (non-hydrogen) atoms. The predicted octanol–water partition coefficient (Wildman–Crippen LogP) is 2.41. The van der Waals surface area contributed by atoms with Crippen molar-refractivity contribution in [2.75, 3.05) is 13.1 Å². The molecule has 0 aliphatic carbocycles. The Labute approximate surface area is 138 Å². The quantitative estimate of drug-likeness (QED) is 0.843. The van der Waals surface area contributed by atoms with Crippen LogP contribution in [0.5, 0.6) is 0 Å². The average molecular weight is 368 g/mol. The minimum atomic E-state index is 0.794. The van der Waals surface area contributed by atoms with Gasteiger partial charge >= 0.3 is 0 Å². The van der Waals surface area contributed by atoms with Gasteiger partial charge in [0, 0.05) is 17.1 Å². The third-order valence-electron chi connectivity index (χ3n) is 4.06. The zero-order chi connectivity index (χ0) is 14.8. The van der Waals surface area contributed by atoms with Gasteiger partial charge < -0.3 is 9.47 Å². The number of rotatable bonds is 3. The molecular weight excluding hydrogens is 348 g/mol. The minimum absolute atomic E-state index is 0.794. The number of halogens is 1. The van der Waals surface area contributed by atoms with E-state index >= 15 is 0 Å². The molecule has 112 valence electrons. The Morgan fingerprint density at radius 1 is 1.29 bits per heavy atom. The predicted molar refractivity (Wildman–Crippen MR) is 89.7 cm³/mol. The van der Waals surface area contributed by atoms with Crippen LogP contribution in [0.4, 0.5) is 0 Å². The molecule has 0 atom stereocenters. The SMILES string of the molecule is Cn1c(-c2cccc(Br)c2)nn(C[NH+]2CCCCC2)c1=S. The van der Waals surface area contributed by atoms with Crippen molar-refractivity contribution in [3.8, 4) is 11.4 Å². The van der Waals surface area contributed by atoms with Crippen LogP contribution >= 0.6 is 28.1 Å². The molecule has 0 saturated carbocycles. The van der Waals surface area contributed by atoms with Crippen molar-refractivity contribution in [2.45, 2.75) is 25.9 Å². The Hall–Kier alpha value is -0.980. The summed E-state index contributed by atoms with van der Waals surface area (Å²) in [5, 5.41) is 4.75. The lowest BCUT2D eigenvalue weighted by Crippen LogP contribution is -3.12. The van der Waals surface area contributed by atoms with Crippen LogP contribution in [0.2, 0.25) is 0 Å². The summed E-state index contributed by atoms with van der Waals surface area (Å²) < 4.78 is 5.83. The fourth-order valence-corrected chi connectivity index (χ4v) is 3.48. The average Bonchev–Trinajstić information content (AvgIpc) is 2.77. The van der Waals surface area contributed by atoms with Crippen molar-refractivity contribution in [2.24, 2.45) is 7.05 Å². The molecule has 0 bridgehead atoms. The Kier molecular flexibility index (Phi) is 4.57. The molecule has 6 heteroatoms. The molecule has 3 rings (SSSR count). The summed E-state index contributed by atoms with van der Waals surface area (Å²) in [6.45, 7) is 3.33. The van der Waals surface area contributed by atoms with Crippen molar-refractivity contribution in [1.29, 1.82) is 0 Å². The maximum Gasteiger partial charge on any atom is 0.202 e. The fourth-order valence-electron chi connectivity index (χ4n) is 2.89. The van der Waals surface area contributed by atoms with Gasteiger partial charge in [-0.15, -0.1) is 5.10 Å². The molecule has 1 saturated heterocycles. The van der Waals surface area contributed by atoms with Crippen molar-refractivity contribution < 1.29 is 4.90 Å². The molecular formula is C15H20BrN4S+. The van der Waals surface area contributed by atoms with E-state index in [0.717, 1.165) is 27.3 Å². The van der Waals surface area contributed by atoms with Crippen molar-refractivity contribution in [3.63, 3.8) is 0 Å². The monoisotopic (exact) mass is 367 g/mol. The van der Waals surface area contributed by atoms with E-state index in [1.54, 1.807) is 4.90 Å². The van der Waals surface area contributed by atoms with Crippen LogP contribution in [0.25, 0.3) is 11.4 Å². The van der Waals surface area contributed by atoms with Crippen LogP contribution in [0.1, 0.15) is 19.3 Å². The first kappa shape index (κ1) is 14.9. The zero-order valence-electron chi connectivity index (χ0n) is 12.2. The summed E-state index contributed by atoms with van der Waals surface area (Å²) >= 11 is 9.07. The fraction of sp³-hybridized carbons (Fsp3) is 0.467. The molecule has 1 aliphatic heterocycles. The van der Waals surface area contributed by atoms with Crippen LogP contribution in [0.3, 0.4) is 0 Å². The Morgan fingerprint density at radius 3 is 2.76 bits per heavy atom. The summed E-state index contributed by atoms with van der Waals surface area (Å²) in [7, 11) is 1.99. The third kappa shape index (κ3) is 3.27. The van der Waals surface area contributed by atoms with Gasteiger partial charge in [0.25, 0.3) is 0 Å². The van der Waals surface area contributed by atoms with E-state index < -0.39 is 0 Å². The van der Waals surface area contributed by atoms with E-state index in [4.69, 9.17) is 17.3 Å². The highest BCUT2D eigenvalue weighted by Crippen LogP contribution is 2.21. The van der Waals surface area contributed by atoms with Gasteiger partial charge in [-0.3, -0.25) is 0 Å². The second-order valence-corrected chi connectivity index (χ2v) is 6.92. The molecule has 2 aromatic rings. The molecule has 1 N–H and O–H groups in total. The molecule has 1 aromatic carbocycles. The molecule has 0 unspecified atom stereocenters. The largest absolute Gasteiger partial charge is 0.316 e. The van der Waals surface area contributed by atoms with Crippen LogP contribution in [0, 0.1) is 4.77 Å². The standard InChI is InChI=1S/C15H19BrN4S/c1-18-14(12-6-5-7-13(16)10-12)17-20(15(18)21)11-19-8-3-2-4-9-19/h5-7,10H,2-4,8-9,11H2,1H3/p+1. The number of likely N-dealkylation sites (tertiary alicyclic amines) is 1. The summed E-state index contributed by atoms with van der Waals surface area (Å²) in [4.78, 5) is 1.58. The molecule has 0 amide bonds. The first-order chi connectivity index (χ1) is 10.1. The molecule has 4 nitrogen and oxygen atoms in total. The highest BCUT2D eigenvalue weighted by Gasteiger charge is 2.17. The number of hydrogen-bond acceptors (Lipinski definition) is 2. The molecule has 2 heterocycles. The third-order valence-corrected chi connectivity index (χ3v) is 5.04. The maximum absolute atomic E-state index is 5.55. The van der Waals surface area contributed by atoms with E-state index in [9.17, 15) is 0 Å². The first-order valence-electron chi connectivity index (χ1n) is 7.38. The summed E-state index contributed by atoms with van der Waals surface area (Å²) in [6.07, 6.45) is 3.99. The van der Waals surface area contributed by atoms with Crippen molar-refractivity contribution in [3.05, 3.63) is 33.5 Å². The van der Waals surface area contributed by atoms with Crippen LogP contribution in [-0.4, -0.2) is 27.4 Å². The van der Waals surface area contributed by atoms with Gasteiger partial charge in [-0.05, 0) is 43.6 Å². The molecule has 1 aliphatic rings.